The Hall–Kier alpha value is -2.54. The van der Waals surface area contributed by atoms with Gasteiger partial charge in [-0.2, -0.15) is 0 Å². The van der Waals surface area contributed by atoms with E-state index < -0.39 is 0 Å². The number of guanidine groups is 1. The molecule has 0 spiro atoms. The maximum atomic E-state index is 11.8. The van der Waals surface area contributed by atoms with Crippen LogP contribution in [-0.4, -0.2) is 23.1 Å². The second-order valence-corrected chi connectivity index (χ2v) is 4.79. The molecule has 22 heavy (non-hydrogen) atoms. The van der Waals surface area contributed by atoms with Crippen LogP contribution in [0.1, 0.15) is 24.3 Å². The van der Waals surface area contributed by atoms with Gasteiger partial charge in [0.05, 0.1) is 5.69 Å². The first-order chi connectivity index (χ1) is 9.95. The number of nitrogens with zero attached hydrogens (tertiary/aromatic N) is 2. The minimum Gasteiger partial charge on any atom is -0.370 e. The van der Waals surface area contributed by atoms with E-state index in [1.54, 1.807) is 30.3 Å². The van der Waals surface area contributed by atoms with Crippen LogP contribution in [0.5, 0.6) is 0 Å². The molecule has 118 valence electrons. The molecule has 0 aliphatic heterocycles. The summed E-state index contributed by atoms with van der Waals surface area (Å²) in [7, 11) is 0. The summed E-state index contributed by atoms with van der Waals surface area (Å²) < 4.78 is 5.18. The molecular weight excluding hydrogens is 306 g/mol. The minimum absolute atomic E-state index is 0. The maximum absolute atomic E-state index is 11.8. The molecule has 0 atom stereocenters. The van der Waals surface area contributed by atoms with Crippen LogP contribution in [0.3, 0.4) is 0 Å². The molecule has 1 aromatic carbocycles. The van der Waals surface area contributed by atoms with Crippen molar-refractivity contribution in [3.8, 4) is 11.3 Å². The number of nitrogens with one attached hydrogen (secondary N) is 1. The molecule has 8 heteroatoms. The quantitative estimate of drug-likeness (QED) is 0.585. The standard InChI is InChI=1S/C14H17N5O2.ClH/c1-8(2)17-13(20)11-7-12(21-19-11)9-3-5-10(6-4-9)18-14(15)16;/h3-8H,1-2H3,(H,17,20)(H4,15,16,18);1H. The van der Waals surface area contributed by atoms with Crippen LogP contribution in [0.4, 0.5) is 5.69 Å². The van der Waals surface area contributed by atoms with Crippen molar-refractivity contribution in [2.75, 3.05) is 0 Å². The fraction of sp³-hybridized carbons (Fsp3) is 0.214. The fourth-order valence-corrected chi connectivity index (χ4v) is 1.70. The van der Waals surface area contributed by atoms with Gasteiger partial charge in [0.15, 0.2) is 17.4 Å². The van der Waals surface area contributed by atoms with E-state index in [-0.39, 0.29) is 36.0 Å². The summed E-state index contributed by atoms with van der Waals surface area (Å²) in [5.74, 6) is 0.229. The third kappa shape index (κ3) is 4.49. The molecule has 0 aliphatic carbocycles. The summed E-state index contributed by atoms with van der Waals surface area (Å²) in [5, 5.41) is 6.51. The normalized spacial score (nSPS) is 9.95. The first-order valence-electron chi connectivity index (χ1n) is 6.43. The third-order valence-electron chi connectivity index (χ3n) is 2.57. The van der Waals surface area contributed by atoms with E-state index in [0.29, 0.717) is 11.4 Å². The number of carbonyl (C=O) groups excluding carboxylic acids is 1. The van der Waals surface area contributed by atoms with E-state index in [1.807, 2.05) is 13.8 Å². The monoisotopic (exact) mass is 323 g/mol. The Bertz CT molecular complexity index is 660. The predicted molar refractivity (Wildman–Crippen MR) is 87.3 cm³/mol. The highest BCUT2D eigenvalue weighted by molar-refractivity contribution is 5.93. The van der Waals surface area contributed by atoms with Crippen molar-refractivity contribution < 1.29 is 9.32 Å². The molecule has 2 rings (SSSR count). The van der Waals surface area contributed by atoms with Crippen LogP contribution < -0.4 is 16.8 Å². The molecule has 0 radical (unpaired) electrons. The molecule has 0 saturated carbocycles. The largest absolute Gasteiger partial charge is 0.370 e. The van der Waals surface area contributed by atoms with Crippen LogP contribution in [0.2, 0.25) is 0 Å². The van der Waals surface area contributed by atoms with Gasteiger partial charge >= 0.3 is 0 Å². The van der Waals surface area contributed by atoms with Gasteiger partial charge in [-0.05, 0) is 38.1 Å². The van der Waals surface area contributed by atoms with Crippen LogP contribution in [0, 0.1) is 0 Å². The van der Waals surface area contributed by atoms with Gasteiger partial charge < -0.3 is 21.3 Å². The van der Waals surface area contributed by atoms with Crippen LogP contribution in [0.15, 0.2) is 39.8 Å². The Morgan fingerprint density at radius 2 is 1.91 bits per heavy atom. The lowest BCUT2D eigenvalue weighted by Crippen LogP contribution is -2.30. The number of amides is 1. The molecule has 0 unspecified atom stereocenters. The fourth-order valence-electron chi connectivity index (χ4n) is 1.70. The van der Waals surface area contributed by atoms with Crippen molar-refractivity contribution in [3.63, 3.8) is 0 Å². The highest BCUT2D eigenvalue weighted by Crippen LogP contribution is 2.23. The number of nitrogens with two attached hydrogens (primary N) is 2. The number of halogens is 1. The first-order valence-corrected chi connectivity index (χ1v) is 6.43. The highest BCUT2D eigenvalue weighted by Gasteiger charge is 2.14. The SMILES string of the molecule is CC(C)NC(=O)c1cc(-c2ccc(N=C(N)N)cc2)on1.Cl. The van der Waals surface area contributed by atoms with Crippen molar-refractivity contribution in [2.45, 2.75) is 19.9 Å². The van der Waals surface area contributed by atoms with E-state index in [2.05, 4.69) is 15.5 Å². The molecule has 0 saturated heterocycles. The zero-order chi connectivity index (χ0) is 15.4. The average Bonchev–Trinajstić information content (AvgIpc) is 2.87. The minimum atomic E-state index is -0.267. The second-order valence-electron chi connectivity index (χ2n) is 4.79. The maximum Gasteiger partial charge on any atom is 0.273 e. The molecule has 2 aromatic rings. The lowest BCUT2D eigenvalue weighted by molar-refractivity contribution is 0.0934. The zero-order valence-corrected chi connectivity index (χ0v) is 13.1. The highest BCUT2D eigenvalue weighted by atomic mass is 35.5. The van der Waals surface area contributed by atoms with E-state index in [1.165, 1.54) is 0 Å². The van der Waals surface area contributed by atoms with Crippen molar-refractivity contribution in [3.05, 3.63) is 36.0 Å². The molecule has 7 nitrogen and oxygen atoms in total. The summed E-state index contributed by atoms with van der Waals surface area (Å²) in [4.78, 5) is 15.7. The third-order valence-corrected chi connectivity index (χ3v) is 2.57. The van der Waals surface area contributed by atoms with Gasteiger partial charge in [-0.25, -0.2) is 4.99 Å². The average molecular weight is 324 g/mol. The molecule has 1 amide bonds. The van der Waals surface area contributed by atoms with Gasteiger partial charge in [0.25, 0.3) is 5.91 Å². The summed E-state index contributed by atoms with van der Waals surface area (Å²) in [6.45, 7) is 3.75. The molecule has 5 N–H and O–H groups in total. The molecule has 1 heterocycles. The van der Waals surface area contributed by atoms with E-state index >= 15 is 0 Å². The summed E-state index contributed by atoms with van der Waals surface area (Å²) in [5.41, 5.74) is 12.3. The van der Waals surface area contributed by atoms with Gasteiger partial charge in [-0.3, -0.25) is 4.79 Å². The molecule has 0 fully saturated rings. The second kappa shape index (κ2) is 7.46. The van der Waals surface area contributed by atoms with E-state index in [0.717, 1.165) is 5.56 Å². The number of aliphatic imine (C=N–C) groups is 1. The summed E-state index contributed by atoms with van der Waals surface area (Å²) in [6.07, 6.45) is 0. The Morgan fingerprint density at radius 1 is 1.27 bits per heavy atom. The summed E-state index contributed by atoms with van der Waals surface area (Å²) >= 11 is 0. The van der Waals surface area contributed by atoms with Gasteiger partial charge in [-0.1, -0.05) is 5.16 Å². The number of aromatic nitrogens is 1. The topological polar surface area (TPSA) is 120 Å². The van der Waals surface area contributed by atoms with Crippen LogP contribution in [0.25, 0.3) is 11.3 Å². The predicted octanol–water partition coefficient (Wildman–Crippen LogP) is 1.81. The number of carbonyl (C=O) groups is 1. The molecule has 0 aliphatic rings. The number of hydrogen-bond acceptors (Lipinski definition) is 4. The number of rotatable bonds is 4. The molecular formula is C14H18ClN5O2. The van der Waals surface area contributed by atoms with Gasteiger partial charge in [0.1, 0.15) is 0 Å². The van der Waals surface area contributed by atoms with Gasteiger partial charge in [0, 0.05) is 17.7 Å². The number of benzene rings is 1. The van der Waals surface area contributed by atoms with Gasteiger partial charge in [0.2, 0.25) is 0 Å². The van der Waals surface area contributed by atoms with E-state index in [4.69, 9.17) is 16.0 Å². The van der Waals surface area contributed by atoms with Crippen LogP contribution in [-0.2, 0) is 0 Å². The smallest absolute Gasteiger partial charge is 0.273 e. The molecule has 1 aromatic heterocycles. The Balaban J connectivity index is 0.00000242. The molecule has 0 bridgehead atoms. The van der Waals surface area contributed by atoms with Crippen molar-refractivity contribution >= 4 is 30.0 Å². The van der Waals surface area contributed by atoms with Crippen molar-refractivity contribution in [2.24, 2.45) is 16.5 Å². The summed E-state index contributed by atoms with van der Waals surface area (Å²) in [6, 6.07) is 8.68. The lowest BCUT2D eigenvalue weighted by Gasteiger charge is -2.04. The van der Waals surface area contributed by atoms with E-state index in [9.17, 15) is 4.79 Å². The number of hydrogen-bond donors (Lipinski definition) is 3. The Labute approximate surface area is 134 Å². The zero-order valence-electron chi connectivity index (χ0n) is 12.2. The van der Waals surface area contributed by atoms with Crippen molar-refractivity contribution in [1.29, 1.82) is 0 Å². The van der Waals surface area contributed by atoms with Crippen molar-refractivity contribution in [1.82, 2.24) is 10.5 Å². The first kappa shape index (κ1) is 17.5. The Morgan fingerprint density at radius 3 is 2.45 bits per heavy atom. The van der Waals surface area contributed by atoms with Crippen LogP contribution >= 0.6 is 12.4 Å². The lowest BCUT2D eigenvalue weighted by atomic mass is 10.1. The van der Waals surface area contributed by atoms with Gasteiger partial charge in [-0.15, -0.1) is 12.4 Å². The Kier molecular flexibility index (Phi) is 5.94.